The highest BCUT2D eigenvalue weighted by Crippen LogP contribution is 2.28. The zero-order chi connectivity index (χ0) is 15.5. The monoisotopic (exact) mass is 292 g/mol. The van der Waals surface area contributed by atoms with Crippen molar-refractivity contribution in [3.05, 3.63) is 24.0 Å². The van der Waals surface area contributed by atoms with Gasteiger partial charge in [0.1, 0.15) is 11.2 Å². The molecule has 1 aliphatic carbocycles. The van der Waals surface area contributed by atoms with Crippen molar-refractivity contribution in [1.82, 2.24) is 9.88 Å². The van der Waals surface area contributed by atoms with Crippen LogP contribution in [-0.4, -0.2) is 27.1 Å². The van der Waals surface area contributed by atoms with Crippen molar-refractivity contribution >= 4 is 11.9 Å². The van der Waals surface area contributed by atoms with Crippen LogP contribution in [0.15, 0.2) is 18.3 Å². The van der Waals surface area contributed by atoms with Crippen molar-refractivity contribution in [2.75, 3.05) is 0 Å². The van der Waals surface area contributed by atoms with Crippen molar-refractivity contribution in [3.8, 4) is 0 Å². The summed E-state index contributed by atoms with van der Waals surface area (Å²) in [7, 11) is 0. The van der Waals surface area contributed by atoms with Crippen LogP contribution in [0.4, 0.5) is 0 Å². The van der Waals surface area contributed by atoms with E-state index >= 15 is 0 Å². The van der Waals surface area contributed by atoms with Crippen molar-refractivity contribution in [2.45, 2.75) is 64.0 Å². The molecule has 1 aromatic heterocycles. The maximum atomic E-state index is 12.5. The Hall–Kier alpha value is -1.78. The molecule has 0 spiro atoms. The summed E-state index contributed by atoms with van der Waals surface area (Å²) in [5.41, 5.74) is -0.588. The van der Waals surface area contributed by atoms with Gasteiger partial charge in [0.2, 0.25) is 0 Å². The van der Waals surface area contributed by atoms with Gasteiger partial charge in [0, 0.05) is 12.2 Å². The number of carboxylic acids is 1. The number of nitrogens with zero attached hydrogens (tertiary/aromatic N) is 1. The molecular weight excluding hydrogens is 268 g/mol. The molecule has 1 aliphatic rings. The molecule has 2 rings (SSSR count). The van der Waals surface area contributed by atoms with E-state index in [2.05, 4.69) is 5.32 Å². The van der Waals surface area contributed by atoms with Crippen LogP contribution < -0.4 is 5.32 Å². The Morgan fingerprint density at radius 3 is 2.38 bits per heavy atom. The minimum Gasteiger partial charge on any atom is -0.480 e. The summed E-state index contributed by atoms with van der Waals surface area (Å²) in [4.78, 5) is 24.3. The van der Waals surface area contributed by atoms with Crippen molar-refractivity contribution < 1.29 is 14.7 Å². The molecule has 5 nitrogen and oxygen atoms in total. The van der Waals surface area contributed by atoms with Crippen LogP contribution in [0.25, 0.3) is 0 Å². The maximum absolute atomic E-state index is 12.5. The third-order valence-electron chi connectivity index (χ3n) is 4.29. The highest BCUT2D eigenvalue weighted by molar-refractivity contribution is 5.96. The van der Waals surface area contributed by atoms with Crippen LogP contribution in [0.3, 0.4) is 0 Å². The Morgan fingerprint density at radius 2 is 1.86 bits per heavy atom. The lowest BCUT2D eigenvalue weighted by molar-refractivity contribution is -0.145. The fraction of sp³-hybridized carbons (Fsp3) is 0.625. The highest BCUT2D eigenvalue weighted by Gasteiger charge is 2.40. The fourth-order valence-electron chi connectivity index (χ4n) is 3.04. The van der Waals surface area contributed by atoms with Crippen molar-refractivity contribution in [1.29, 1.82) is 0 Å². The zero-order valence-corrected chi connectivity index (χ0v) is 12.8. The molecule has 2 N–H and O–H groups in total. The molecule has 5 heteroatoms. The number of nitrogens with one attached hydrogen (secondary N) is 1. The Balaban J connectivity index is 2.22. The number of amides is 1. The van der Waals surface area contributed by atoms with E-state index in [1.54, 1.807) is 6.07 Å². The minimum atomic E-state index is -1.11. The van der Waals surface area contributed by atoms with Crippen LogP contribution in [0.1, 0.15) is 68.9 Å². The first-order chi connectivity index (χ1) is 9.96. The number of hydrogen-bond acceptors (Lipinski definition) is 2. The third-order valence-corrected chi connectivity index (χ3v) is 4.29. The summed E-state index contributed by atoms with van der Waals surface area (Å²) in [6, 6.07) is 3.72. The summed E-state index contributed by atoms with van der Waals surface area (Å²) in [6.07, 6.45) is 6.63. The molecule has 1 saturated carbocycles. The first-order valence-corrected chi connectivity index (χ1v) is 7.69. The average Bonchev–Trinajstić information content (AvgIpc) is 2.80. The van der Waals surface area contributed by atoms with E-state index in [9.17, 15) is 14.7 Å². The summed E-state index contributed by atoms with van der Waals surface area (Å²) in [6.45, 7) is 3.99. The molecule has 21 heavy (non-hydrogen) atoms. The van der Waals surface area contributed by atoms with Crippen LogP contribution in [0.2, 0.25) is 0 Å². The van der Waals surface area contributed by atoms with E-state index in [0.29, 0.717) is 18.5 Å². The molecule has 1 amide bonds. The Labute approximate surface area is 125 Å². The fourth-order valence-corrected chi connectivity index (χ4v) is 3.04. The molecule has 1 heterocycles. The summed E-state index contributed by atoms with van der Waals surface area (Å²) in [5.74, 6) is -1.21. The quantitative estimate of drug-likeness (QED) is 0.838. The van der Waals surface area contributed by atoms with Crippen molar-refractivity contribution in [3.63, 3.8) is 0 Å². The molecule has 0 atom stereocenters. The Morgan fingerprint density at radius 1 is 1.24 bits per heavy atom. The predicted octanol–water partition coefficient (Wildman–Crippen LogP) is 2.98. The van der Waals surface area contributed by atoms with Crippen LogP contribution in [0, 0.1) is 0 Å². The van der Waals surface area contributed by atoms with Crippen LogP contribution >= 0.6 is 0 Å². The number of aromatic nitrogens is 1. The van der Waals surface area contributed by atoms with Gasteiger partial charge in [-0.15, -0.1) is 0 Å². The zero-order valence-electron chi connectivity index (χ0n) is 12.8. The molecule has 1 fully saturated rings. The topological polar surface area (TPSA) is 71.3 Å². The second-order valence-corrected chi connectivity index (χ2v) is 6.15. The maximum Gasteiger partial charge on any atom is 0.329 e. The second-order valence-electron chi connectivity index (χ2n) is 6.15. The van der Waals surface area contributed by atoms with Gasteiger partial charge in [-0.25, -0.2) is 4.79 Å². The number of rotatable bonds is 4. The van der Waals surface area contributed by atoms with E-state index in [1.807, 2.05) is 30.7 Å². The van der Waals surface area contributed by atoms with E-state index in [1.165, 1.54) is 0 Å². The molecule has 1 aromatic rings. The van der Waals surface area contributed by atoms with Crippen LogP contribution in [0.5, 0.6) is 0 Å². The third kappa shape index (κ3) is 3.28. The lowest BCUT2D eigenvalue weighted by Crippen LogP contribution is -2.54. The van der Waals surface area contributed by atoms with Gasteiger partial charge in [-0.05, 0) is 38.8 Å². The van der Waals surface area contributed by atoms with Gasteiger partial charge in [-0.1, -0.05) is 25.7 Å². The number of carbonyl (C=O) groups excluding carboxylic acids is 1. The predicted molar refractivity (Wildman–Crippen MR) is 80.4 cm³/mol. The van der Waals surface area contributed by atoms with Gasteiger partial charge in [0.15, 0.2) is 0 Å². The molecular formula is C16H24N2O3. The molecule has 0 radical (unpaired) electrons. The SMILES string of the molecule is CC(C)n1cccc1C(=O)NC1(C(=O)O)CCCCCC1. The van der Waals surface area contributed by atoms with Gasteiger partial charge < -0.3 is 15.0 Å². The van der Waals surface area contributed by atoms with Crippen molar-refractivity contribution in [2.24, 2.45) is 0 Å². The molecule has 0 bridgehead atoms. The summed E-state index contributed by atoms with van der Waals surface area (Å²) in [5, 5.41) is 12.4. The average molecular weight is 292 g/mol. The lowest BCUT2D eigenvalue weighted by Gasteiger charge is -2.29. The summed E-state index contributed by atoms with van der Waals surface area (Å²) >= 11 is 0. The summed E-state index contributed by atoms with van der Waals surface area (Å²) < 4.78 is 1.86. The van der Waals surface area contributed by atoms with E-state index in [0.717, 1.165) is 25.7 Å². The first kappa shape index (κ1) is 15.6. The first-order valence-electron chi connectivity index (χ1n) is 7.69. The number of carbonyl (C=O) groups is 2. The van der Waals surface area contributed by atoms with Gasteiger partial charge in [-0.2, -0.15) is 0 Å². The second kappa shape index (κ2) is 6.33. The molecule has 0 aromatic carbocycles. The lowest BCUT2D eigenvalue weighted by atomic mass is 9.90. The number of hydrogen-bond donors (Lipinski definition) is 2. The Bertz CT molecular complexity index is 511. The van der Waals surface area contributed by atoms with Gasteiger partial charge >= 0.3 is 5.97 Å². The standard InChI is InChI=1S/C16H24N2O3/c1-12(2)18-11-7-8-13(18)14(19)17-16(15(20)21)9-5-3-4-6-10-16/h7-8,11-12H,3-6,9-10H2,1-2H3,(H,17,19)(H,20,21). The van der Waals surface area contributed by atoms with Crippen LogP contribution in [-0.2, 0) is 4.79 Å². The normalized spacial score (nSPS) is 18.2. The molecule has 116 valence electrons. The number of aliphatic carboxylic acids is 1. The van der Waals surface area contributed by atoms with Gasteiger partial charge in [0.25, 0.3) is 5.91 Å². The van der Waals surface area contributed by atoms with Gasteiger partial charge in [-0.3, -0.25) is 4.79 Å². The van der Waals surface area contributed by atoms with E-state index < -0.39 is 11.5 Å². The van der Waals surface area contributed by atoms with E-state index in [4.69, 9.17) is 0 Å². The molecule has 0 unspecified atom stereocenters. The number of carboxylic acid groups (broad SMARTS) is 1. The smallest absolute Gasteiger partial charge is 0.329 e. The molecule has 0 saturated heterocycles. The van der Waals surface area contributed by atoms with E-state index in [-0.39, 0.29) is 11.9 Å². The minimum absolute atomic E-state index is 0.163. The van der Waals surface area contributed by atoms with Gasteiger partial charge in [0.05, 0.1) is 0 Å². The largest absolute Gasteiger partial charge is 0.480 e. The Kier molecular flexibility index (Phi) is 4.70. The molecule has 0 aliphatic heterocycles. The highest BCUT2D eigenvalue weighted by atomic mass is 16.4.